The van der Waals surface area contributed by atoms with E-state index in [0.717, 1.165) is 96.7 Å². The van der Waals surface area contributed by atoms with Gasteiger partial charge in [-0.05, 0) is 78.1 Å². The molecule has 0 aromatic heterocycles. The molecule has 2 aliphatic rings. The quantitative estimate of drug-likeness (QED) is 0.233. The normalized spacial score (nSPS) is 22.9. The number of hydrogen-bond acceptors (Lipinski definition) is 6. The highest BCUT2D eigenvalue weighted by Crippen LogP contribution is 2.20. The van der Waals surface area contributed by atoms with Gasteiger partial charge in [-0.25, -0.2) is 0 Å². The first-order chi connectivity index (χ1) is 15.0. The maximum Gasteiger partial charge on any atom is 0.306 e. The van der Waals surface area contributed by atoms with E-state index in [9.17, 15) is 9.59 Å². The van der Waals surface area contributed by atoms with Crippen LogP contribution >= 0.6 is 0 Å². The molecule has 2 aliphatic heterocycles. The van der Waals surface area contributed by atoms with Crippen LogP contribution in [0.3, 0.4) is 0 Å². The van der Waals surface area contributed by atoms with Crippen LogP contribution in [0.25, 0.3) is 0 Å². The fourth-order valence-corrected chi connectivity index (χ4v) is 4.34. The lowest BCUT2D eigenvalue weighted by Gasteiger charge is -2.16. The minimum Gasteiger partial charge on any atom is -0.463 e. The lowest BCUT2D eigenvalue weighted by Crippen LogP contribution is -2.17. The highest BCUT2D eigenvalue weighted by atomic mass is 16.5. The van der Waals surface area contributed by atoms with Gasteiger partial charge in [-0.3, -0.25) is 9.59 Å². The Bertz CT molecular complexity index is 452. The molecule has 6 nitrogen and oxygen atoms in total. The predicted molar refractivity (Wildman–Crippen MR) is 120 cm³/mol. The summed E-state index contributed by atoms with van der Waals surface area (Å²) in [5, 5.41) is 0. The Hall–Kier alpha value is -1.14. The third-order valence-corrected chi connectivity index (χ3v) is 6.27. The molecule has 0 N–H and O–H groups in total. The van der Waals surface area contributed by atoms with E-state index in [4.69, 9.17) is 18.9 Å². The molecule has 0 aromatic rings. The smallest absolute Gasteiger partial charge is 0.306 e. The Balaban J connectivity index is 1.37. The minimum absolute atomic E-state index is 0.0317. The van der Waals surface area contributed by atoms with Crippen LogP contribution in [0.5, 0.6) is 0 Å². The first kappa shape index (κ1) is 26.1. The van der Waals surface area contributed by atoms with Crippen LogP contribution in [-0.2, 0) is 28.5 Å². The highest BCUT2D eigenvalue weighted by Gasteiger charge is 2.19. The molecule has 2 saturated heterocycles. The fourth-order valence-electron chi connectivity index (χ4n) is 4.34. The van der Waals surface area contributed by atoms with E-state index >= 15 is 0 Å². The molecule has 2 fully saturated rings. The van der Waals surface area contributed by atoms with Crippen molar-refractivity contribution < 1.29 is 28.5 Å². The van der Waals surface area contributed by atoms with Crippen LogP contribution in [0.4, 0.5) is 0 Å². The van der Waals surface area contributed by atoms with Crippen LogP contribution < -0.4 is 0 Å². The van der Waals surface area contributed by atoms with E-state index < -0.39 is 0 Å². The summed E-state index contributed by atoms with van der Waals surface area (Å²) in [6.45, 7) is 5.68. The Morgan fingerprint density at radius 1 is 0.742 bits per heavy atom. The predicted octanol–water partition coefficient (Wildman–Crippen LogP) is 5.50. The van der Waals surface area contributed by atoms with Crippen molar-refractivity contribution in [3.05, 3.63) is 0 Å². The molecule has 6 heteroatoms. The van der Waals surface area contributed by atoms with Gasteiger partial charge in [-0.2, -0.15) is 0 Å². The average Bonchev–Trinajstić information content (AvgIpc) is 3.44. The van der Waals surface area contributed by atoms with E-state index in [1.165, 1.54) is 0 Å². The molecule has 0 bridgehead atoms. The van der Waals surface area contributed by atoms with Gasteiger partial charge in [-0.15, -0.1) is 0 Å². The molecule has 180 valence electrons. The molecule has 0 spiro atoms. The molecule has 0 amide bonds. The van der Waals surface area contributed by atoms with Crippen molar-refractivity contribution in [1.29, 1.82) is 0 Å². The summed E-state index contributed by atoms with van der Waals surface area (Å²) in [6.07, 6.45) is 14.6. The van der Waals surface area contributed by atoms with Gasteiger partial charge in [0.05, 0.1) is 24.4 Å². The molecule has 0 aliphatic carbocycles. The van der Waals surface area contributed by atoms with Crippen LogP contribution in [0, 0.1) is 0 Å². The van der Waals surface area contributed by atoms with Crippen molar-refractivity contribution in [2.45, 2.75) is 135 Å². The van der Waals surface area contributed by atoms with Crippen LogP contribution in [0.15, 0.2) is 0 Å². The van der Waals surface area contributed by atoms with Crippen LogP contribution in [-0.4, -0.2) is 49.6 Å². The van der Waals surface area contributed by atoms with Crippen LogP contribution in [0.2, 0.25) is 0 Å². The van der Waals surface area contributed by atoms with Gasteiger partial charge >= 0.3 is 11.9 Å². The number of unbranched alkanes of at least 4 members (excludes halogenated alkanes) is 4. The minimum atomic E-state index is -0.0968. The molecular weight excluding hydrogens is 396 g/mol. The number of carbonyl (C=O) groups excluding carboxylic acids is 2. The third-order valence-electron chi connectivity index (χ3n) is 6.27. The molecule has 2 rings (SSSR count). The number of carbonyl (C=O) groups is 2. The summed E-state index contributed by atoms with van der Waals surface area (Å²) in [7, 11) is 0. The third kappa shape index (κ3) is 12.5. The summed E-state index contributed by atoms with van der Waals surface area (Å²) in [5.41, 5.74) is 0. The van der Waals surface area contributed by atoms with Gasteiger partial charge in [0.1, 0.15) is 0 Å². The Labute approximate surface area is 188 Å². The number of hydrogen-bond donors (Lipinski definition) is 0. The van der Waals surface area contributed by atoms with Gasteiger partial charge < -0.3 is 18.9 Å². The molecule has 0 radical (unpaired) electrons. The summed E-state index contributed by atoms with van der Waals surface area (Å²) in [4.78, 5) is 23.9. The largest absolute Gasteiger partial charge is 0.463 e. The molecule has 0 unspecified atom stereocenters. The number of rotatable bonds is 16. The fraction of sp³-hybridized carbons (Fsp3) is 0.920. The molecule has 4 atom stereocenters. The Kier molecular flexibility index (Phi) is 13.2. The maximum atomic E-state index is 11.9. The summed E-state index contributed by atoms with van der Waals surface area (Å²) < 4.78 is 22.2. The van der Waals surface area contributed by atoms with Crippen molar-refractivity contribution in [3.8, 4) is 0 Å². The van der Waals surface area contributed by atoms with Gasteiger partial charge in [0.15, 0.2) is 0 Å². The van der Waals surface area contributed by atoms with E-state index in [0.29, 0.717) is 25.0 Å². The van der Waals surface area contributed by atoms with Crippen molar-refractivity contribution in [3.63, 3.8) is 0 Å². The molecular formula is C25H44O6. The number of esters is 2. The van der Waals surface area contributed by atoms with E-state index in [2.05, 4.69) is 0 Å². The standard InChI is InChI=1S/C25H44O6/c1-20(14-16-22-10-8-18-28-22)30-24(26)12-6-4-3-5-7-13-25(27)31-21(2)15-17-23-11-9-19-29-23/h20-23H,3-19H2,1-2H3/t20-,21+,22-,23-/m0/s1. The van der Waals surface area contributed by atoms with Gasteiger partial charge in [0.2, 0.25) is 0 Å². The van der Waals surface area contributed by atoms with Crippen LogP contribution in [0.1, 0.15) is 110 Å². The molecule has 2 heterocycles. The Morgan fingerprint density at radius 2 is 1.16 bits per heavy atom. The van der Waals surface area contributed by atoms with E-state index in [1.54, 1.807) is 0 Å². The molecule has 0 aromatic carbocycles. The second-order valence-corrected chi connectivity index (χ2v) is 9.29. The zero-order chi connectivity index (χ0) is 22.3. The molecule has 31 heavy (non-hydrogen) atoms. The van der Waals surface area contributed by atoms with Crippen molar-refractivity contribution in [2.75, 3.05) is 13.2 Å². The first-order valence-electron chi connectivity index (χ1n) is 12.6. The topological polar surface area (TPSA) is 71.1 Å². The van der Waals surface area contributed by atoms with Gasteiger partial charge in [0, 0.05) is 26.1 Å². The average molecular weight is 441 g/mol. The van der Waals surface area contributed by atoms with Gasteiger partial charge in [-0.1, -0.05) is 19.3 Å². The second kappa shape index (κ2) is 15.6. The van der Waals surface area contributed by atoms with Crippen molar-refractivity contribution in [2.24, 2.45) is 0 Å². The van der Waals surface area contributed by atoms with E-state index in [1.807, 2.05) is 13.8 Å². The summed E-state index contributed by atoms with van der Waals surface area (Å²) >= 11 is 0. The summed E-state index contributed by atoms with van der Waals surface area (Å²) in [5.74, 6) is -0.194. The van der Waals surface area contributed by atoms with Crippen molar-refractivity contribution in [1.82, 2.24) is 0 Å². The summed E-state index contributed by atoms with van der Waals surface area (Å²) in [6, 6.07) is 0. The zero-order valence-corrected chi connectivity index (χ0v) is 19.8. The van der Waals surface area contributed by atoms with Gasteiger partial charge in [0.25, 0.3) is 0 Å². The maximum absolute atomic E-state index is 11.9. The Morgan fingerprint density at radius 3 is 1.55 bits per heavy atom. The molecule has 0 saturated carbocycles. The van der Waals surface area contributed by atoms with Crippen molar-refractivity contribution >= 4 is 11.9 Å². The number of ether oxygens (including phenoxy) is 4. The lowest BCUT2D eigenvalue weighted by atomic mass is 10.1. The monoisotopic (exact) mass is 440 g/mol. The second-order valence-electron chi connectivity index (χ2n) is 9.29. The SMILES string of the molecule is C[C@H](CC[C@@H]1CCCO1)OC(=O)CCCCCCCC(=O)O[C@@H](C)CC[C@@H]1CCCO1. The highest BCUT2D eigenvalue weighted by molar-refractivity contribution is 5.69. The van der Waals surface area contributed by atoms with E-state index in [-0.39, 0.29) is 24.1 Å². The zero-order valence-electron chi connectivity index (χ0n) is 19.8. The first-order valence-corrected chi connectivity index (χ1v) is 12.6. The lowest BCUT2D eigenvalue weighted by molar-refractivity contribution is -0.149.